The SMILES string of the molecule is CCCc1ccccc1NC(=O)c1cc2ccccc2c(=O)[nH]1. The Labute approximate surface area is 134 Å². The zero-order valence-electron chi connectivity index (χ0n) is 12.9. The molecule has 4 heteroatoms. The molecule has 0 fully saturated rings. The van der Waals surface area contributed by atoms with E-state index in [1.165, 1.54) is 0 Å². The molecule has 0 aliphatic heterocycles. The number of aryl methyl sites for hydroxylation is 1. The number of rotatable bonds is 4. The number of carbonyl (C=O) groups is 1. The molecule has 23 heavy (non-hydrogen) atoms. The lowest BCUT2D eigenvalue weighted by molar-refractivity contribution is 0.102. The third kappa shape index (κ3) is 3.16. The Morgan fingerprint density at radius 2 is 1.83 bits per heavy atom. The van der Waals surface area contributed by atoms with Crippen molar-refractivity contribution in [3.8, 4) is 0 Å². The lowest BCUT2D eigenvalue weighted by Gasteiger charge is -2.10. The van der Waals surface area contributed by atoms with Crippen molar-refractivity contribution in [2.24, 2.45) is 0 Å². The van der Waals surface area contributed by atoms with E-state index >= 15 is 0 Å². The van der Waals surface area contributed by atoms with Crippen LogP contribution in [-0.2, 0) is 6.42 Å². The van der Waals surface area contributed by atoms with Crippen LogP contribution in [0.5, 0.6) is 0 Å². The van der Waals surface area contributed by atoms with Gasteiger partial charge in [0, 0.05) is 11.1 Å². The number of H-pyrrole nitrogens is 1. The molecule has 0 unspecified atom stereocenters. The molecular weight excluding hydrogens is 288 g/mol. The maximum Gasteiger partial charge on any atom is 0.272 e. The van der Waals surface area contributed by atoms with Gasteiger partial charge in [0.25, 0.3) is 11.5 Å². The first-order valence-corrected chi connectivity index (χ1v) is 7.70. The highest BCUT2D eigenvalue weighted by atomic mass is 16.2. The van der Waals surface area contributed by atoms with Crippen LogP contribution in [0.25, 0.3) is 10.8 Å². The standard InChI is InChI=1S/C19H18N2O2/c1-2-7-13-8-4-6-11-16(13)20-19(23)17-12-14-9-3-5-10-15(14)18(22)21-17/h3-6,8-12H,2,7H2,1H3,(H,20,23)(H,21,22). The first-order valence-electron chi connectivity index (χ1n) is 7.70. The number of benzene rings is 2. The normalized spacial score (nSPS) is 10.7. The van der Waals surface area contributed by atoms with Gasteiger partial charge in [0.2, 0.25) is 0 Å². The summed E-state index contributed by atoms with van der Waals surface area (Å²) >= 11 is 0. The maximum absolute atomic E-state index is 12.5. The number of anilines is 1. The van der Waals surface area contributed by atoms with Gasteiger partial charge >= 0.3 is 0 Å². The van der Waals surface area contributed by atoms with Gasteiger partial charge in [0.1, 0.15) is 5.69 Å². The summed E-state index contributed by atoms with van der Waals surface area (Å²) < 4.78 is 0. The molecule has 0 saturated heterocycles. The fourth-order valence-corrected chi connectivity index (χ4v) is 2.65. The third-order valence-electron chi connectivity index (χ3n) is 3.78. The molecular formula is C19H18N2O2. The van der Waals surface area contributed by atoms with Crippen molar-refractivity contribution in [1.29, 1.82) is 0 Å². The van der Waals surface area contributed by atoms with Gasteiger partial charge in [-0.05, 0) is 35.6 Å². The number of hydrogen-bond acceptors (Lipinski definition) is 2. The van der Waals surface area contributed by atoms with E-state index in [4.69, 9.17) is 0 Å². The summed E-state index contributed by atoms with van der Waals surface area (Å²) in [6.07, 6.45) is 1.89. The molecule has 0 radical (unpaired) electrons. The van der Waals surface area contributed by atoms with Crippen LogP contribution >= 0.6 is 0 Å². The van der Waals surface area contributed by atoms with E-state index in [2.05, 4.69) is 17.2 Å². The number of para-hydroxylation sites is 1. The van der Waals surface area contributed by atoms with Crippen LogP contribution in [0.4, 0.5) is 5.69 Å². The average Bonchev–Trinajstić information content (AvgIpc) is 2.57. The van der Waals surface area contributed by atoms with Crippen LogP contribution in [0.15, 0.2) is 59.4 Å². The highest BCUT2D eigenvalue weighted by Gasteiger charge is 2.11. The van der Waals surface area contributed by atoms with Crippen LogP contribution in [0.1, 0.15) is 29.4 Å². The summed E-state index contributed by atoms with van der Waals surface area (Å²) in [5.74, 6) is -0.309. The summed E-state index contributed by atoms with van der Waals surface area (Å²) in [7, 11) is 0. The topological polar surface area (TPSA) is 62.0 Å². The lowest BCUT2D eigenvalue weighted by Crippen LogP contribution is -2.19. The molecule has 2 N–H and O–H groups in total. The summed E-state index contributed by atoms with van der Waals surface area (Å²) in [6, 6.07) is 16.6. The lowest BCUT2D eigenvalue weighted by atomic mass is 10.1. The smallest absolute Gasteiger partial charge is 0.272 e. The Balaban J connectivity index is 1.94. The number of aromatic amines is 1. The van der Waals surface area contributed by atoms with E-state index in [1.54, 1.807) is 18.2 Å². The predicted octanol–water partition coefficient (Wildman–Crippen LogP) is 3.73. The van der Waals surface area contributed by atoms with Gasteiger partial charge in [-0.3, -0.25) is 9.59 Å². The maximum atomic E-state index is 12.5. The first-order chi connectivity index (χ1) is 11.2. The second kappa shape index (κ2) is 6.48. The Bertz CT molecular complexity index is 912. The Kier molecular flexibility index (Phi) is 4.24. The van der Waals surface area contributed by atoms with Gasteiger partial charge in [-0.25, -0.2) is 0 Å². The van der Waals surface area contributed by atoms with Gasteiger partial charge in [0.15, 0.2) is 0 Å². The van der Waals surface area contributed by atoms with E-state index < -0.39 is 0 Å². The number of aromatic nitrogens is 1. The molecule has 3 rings (SSSR count). The van der Waals surface area contributed by atoms with E-state index in [0.29, 0.717) is 5.39 Å². The number of nitrogens with one attached hydrogen (secondary N) is 2. The number of pyridine rings is 1. The van der Waals surface area contributed by atoms with Crippen molar-refractivity contribution in [2.75, 3.05) is 5.32 Å². The van der Waals surface area contributed by atoms with Gasteiger partial charge < -0.3 is 10.3 Å². The third-order valence-corrected chi connectivity index (χ3v) is 3.78. The Hall–Kier alpha value is -2.88. The fourth-order valence-electron chi connectivity index (χ4n) is 2.65. The van der Waals surface area contributed by atoms with E-state index in [1.807, 2.05) is 36.4 Å². The van der Waals surface area contributed by atoms with Crippen LogP contribution < -0.4 is 10.9 Å². The molecule has 2 aromatic carbocycles. The summed E-state index contributed by atoms with van der Waals surface area (Å²) in [6.45, 7) is 2.10. The minimum Gasteiger partial charge on any atom is -0.320 e. The Morgan fingerprint density at radius 3 is 2.65 bits per heavy atom. The minimum absolute atomic E-state index is 0.255. The number of amides is 1. The molecule has 0 atom stereocenters. The zero-order chi connectivity index (χ0) is 16.2. The van der Waals surface area contributed by atoms with E-state index in [9.17, 15) is 9.59 Å². The minimum atomic E-state index is -0.309. The van der Waals surface area contributed by atoms with Gasteiger partial charge in [0.05, 0.1) is 0 Å². The monoisotopic (exact) mass is 306 g/mol. The largest absolute Gasteiger partial charge is 0.320 e. The fraction of sp³-hybridized carbons (Fsp3) is 0.158. The summed E-state index contributed by atoms with van der Waals surface area (Å²) in [5, 5.41) is 4.23. The second-order valence-electron chi connectivity index (χ2n) is 5.46. The first kappa shape index (κ1) is 15.0. The molecule has 0 aliphatic rings. The molecule has 116 valence electrons. The van der Waals surface area contributed by atoms with Gasteiger partial charge in [-0.1, -0.05) is 49.7 Å². The summed E-state index contributed by atoms with van der Waals surface area (Å²) in [5.41, 5.74) is 1.88. The zero-order valence-corrected chi connectivity index (χ0v) is 12.9. The number of carbonyl (C=O) groups excluding carboxylic acids is 1. The van der Waals surface area contributed by atoms with Gasteiger partial charge in [-0.2, -0.15) is 0 Å². The van der Waals surface area contributed by atoms with E-state index in [0.717, 1.165) is 29.5 Å². The molecule has 4 nitrogen and oxygen atoms in total. The van der Waals surface area contributed by atoms with Crippen molar-refractivity contribution in [1.82, 2.24) is 4.98 Å². The van der Waals surface area contributed by atoms with Gasteiger partial charge in [-0.15, -0.1) is 0 Å². The van der Waals surface area contributed by atoms with Crippen LogP contribution in [0, 0.1) is 0 Å². The summed E-state index contributed by atoms with van der Waals surface area (Å²) in [4.78, 5) is 27.2. The molecule has 0 bridgehead atoms. The highest BCUT2D eigenvalue weighted by Crippen LogP contribution is 2.18. The van der Waals surface area contributed by atoms with Crippen molar-refractivity contribution in [3.63, 3.8) is 0 Å². The molecule has 1 aromatic heterocycles. The van der Waals surface area contributed by atoms with Crippen molar-refractivity contribution in [2.45, 2.75) is 19.8 Å². The van der Waals surface area contributed by atoms with E-state index in [-0.39, 0.29) is 17.2 Å². The molecule has 0 spiro atoms. The second-order valence-corrected chi connectivity index (χ2v) is 5.46. The Morgan fingerprint density at radius 1 is 1.09 bits per heavy atom. The van der Waals surface area contributed by atoms with Crippen molar-refractivity contribution < 1.29 is 4.79 Å². The molecule has 3 aromatic rings. The highest BCUT2D eigenvalue weighted by molar-refractivity contribution is 6.05. The molecule has 0 saturated carbocycles. The van der Waals surface area contributed by atoms with Crippen molar-refractivity contribution >= 4 is 22.4 Å². The van der Waals surface area contributed by atoms with Crippen LogP contribution in [0.2, 0.25) is 0 Å². The molecule has 1 amide bonds. The van der Waals surface area contributed by atoms with Crippen LogP contribution in [0.3, 0.4) is 0 Å². The number of fused-ring (bicyclic) bond motifs is 1. The van der Waals surface area contributed by atoms with Crippen LogP contribution in [-0.4, -0.2) is 10.9 Å². The molecule has 0 aliphatic carbocycles. The molecule has 1 heterocycles. The number of hydrogen-bond donors (Lipinski definition) is 2. The quantitative estimate of drug-likeness (QED) is 0.771. The average molecular weight is 306 g/mol. The predicted molar refractivity (Wildman–Crippen MR) is 93.0 cm³/mol. The van der Waals surface area contributed by atoms with Crippen molar-refractivity contribution in [3.05, 3.63) is 76.2 Å².